The standard InChI is InChI=1S/C9H14ClN7/c1-2-3-17-9(6(10)4-13-17)8(14-11)7-5-12-16-15-7/h4-5,8,14H,2-3,11H2,1H3,(H,12,15,16). The summed E-state index contributed by atoms with van der Waals surface area (Å²) in [6, 6.07) is -0.324. The molecular formula is C9H14ClN7. The average molecular weight is 256 g/mol. The third-order valence-corrected chi connectivity index (χ3v) is 2.73. The number of rotatable bonds is 5. The first-order valence-corrected chi connectivity index (χ1v) is 5.68. The van der Waals surface area contributed by atoms with Crippen molar-refractivity contribution in [3.05, 3.63) is 28.8 Å². The number of aromatic amines is 1. The van der Waals surface area contributed by atoms with Gasteiger partial charge in [0.05, 0.1) is 23.1 Å². The third kappa shape index (κ3) is 2.31. The maximum Gasteiger partial charge on any atom is 0.110 e. The Labute approximate surface area is 103 Å². The molecule has 0 aliphatic heterocycles. The summed E-state index contributed by atoms with van der Waals surface area (Å²) in [5.41, 5.74) is 4.15. The molecular weight excluding hydrogens is 242 g/mol. The molecule has 0 spiro atoms. The molecule has 4 N–H and O–H groups in total. The van der Waals surface area contributed by atoms with Gasteiger partial charge >= 0.3 is 0 Å². The molecule has 2 rings (SSSR count). The molecule has 7 nitrogen and oxygen atoms in total. The topological polar surface area (TPSA) is 97.4 Å². The van der Waals surface area contributed by atoms with E-state index in [2.05, 4.69) is 32.9 Å². The number of nitrogens with one attached hydrogen (secondary N) is 2. The zero-order valence-corrected chi connectivity index (χ0v) is 10.1. The van der Waals surface area contributed by atoms with Crippen LogP contribution in [0.3, 0.4) is 0 Å². The minimum absolute atomic E-state index is 0.324. The zero-order valence-electron chi connectivity index (χ0n) is 9.39. The molecule has 0 saturated carbocycles. The third-order valence-electron chi connectivity index (χ3n) is 2.44. The fourth-order valence-electron chi connectivity index (χ4n) is 1.70. The Morgan fingerprint density at radius 3 is 3.00 bits per heavy atom. The number of halogens is 1. The van der Waals surface area contributed by atoms with E-state index in [-0.39, 0.29) is 6.04 Å². The van der Waals surface area contributed by atoms with E-state index in [1.165, 1.54) is 0 Å². The highest BCUT2D eigenvalue weighted by Crippen LogP contribution is 2.26. The number of hydrazine groups is 1. The Balaban J connectivity index is 2.39. The number of aryl methyl sites for hydroxylation is 1. The number of hydrogen-bond donors (Lipinski definition) is 3. The van der Waals surface area contributed by atoms with Gasteiger partial charge in [0.25, 0.3) is 0 Å². The Morgan fingerprint density at radius 2 is 2.41 bits per heavy atom. The minimum atomic E-state index is -0.324. The summed E-state index contributed by atoms with van der Waals surface area (Å²) >= 11 is 6.13. The van der Waals surface area contributed by atoms with Gasteiger partial charge in [0, 0.05) is 6.54 Å². The molecule has 0 aliphatic rings. The second-order valence-electron chi connectivity index (χ2n) is 3.60. The monoisotopic (exact) mass is 255 g/mol. The van der Waals surface area contributed by atoms with E-state index < -0.39 is 0 Å². The molecule has 8 heteroatoms. The Morgan fingerprint density at radius 1 is 1.59 bits per heavy atom. The zero-order chi connectivity index (χ0) is 12.3. The van der Waals surface area contributed by atoms with E-state index in [0.29, 0.717) is 10.7 Å². The van der Waals surface area contributed by atoms with Gasteiger partial charge in [-0.2, -0.15) is 20.5 Å². The summed E-state index contributed by atoms with van der Waals surface area (Å²) in [7, 11) is 0. The Kier molecular flexibility index (Phi) is 3.72. The number of hydrogen-bond acceptors (Lipinski definition) is 5. The van der Waals surface area contributed by atoms with Gasteiger partial charge in [-0.1, -0.05) is 18.5 Å². The highest BCUT2D eigenvalue weighted by Gasteiger charge is 2.22. The first kappa shape index (κ1) is 12.0. The van der Waals surface area contributed by atoms with Crippen molar-refractivity contribution < 1.29 is 0 Å². The maximum atomic E-state index is 6.13. The van der Waals surface area contributed by atoms with Crippen LogP contribution in [0.25, 0.3) is 0 Å². The number of H-pyrrole nitrogens is 1. The normalized spacial score (nSPS) is 12.9. The van der Waals surface area contributed by atoms with Gasteiger partial charge in [0.2, 0.25) is 0 Å². The summed E-state index contributed by atoms with van der Waals surface area (Å²) in [5.74, 6) is 5.56. The van der Waals surface area contributed by atoms with Gasteiger partial charge in [0.15, 0.2) is 0 Å². The highest BCUT2D eigenvalue weighted by atomic mass is 35.5. The fraction of sp³-hybridized carbons (Fsp3) is 0.444. The summed E-state index contributed by atoms with van der Waals surface area (Å²) in [4.78, 5) is 0. The van der Waals surface area contributed by atoms with Crippen molar-refractivity contribution in [1.29, 1.82) is 0 Å². The molecule has 2 heterocycles. The molecule has 0 aliphatic carbocycles. The molecule has 0 radical (unpaired) electrons. The van der Waals surface area contributed by atoms with E-state index in [0.717, 1.165) is 18.7 Å². The minimum Gasteiger partial charge on any atom is -0.270 e. The molecule has 0 aromatic carbocycles. The van der Waals surface area contributed by atoms with Crippen molar-refractivity contribution in [2.75, 3.05) is 0 Å². The van der Waals surface area contributed by atoms with Crippen LogP contribution < -0.4 is 11.3 Å². The molecule has 0 amide bonds. The first-order valence-electron chi connectivity index (χ1n) is 5.31. The lowest BCUT2D eigenvalue weighted by molar-refractivity contribution is 0.514. The van der Waals surface area contributed by atoms with Crippen LogP contribution in [0.5, 0.6) is 0 Å². The molecule has 0 bridgehead atoms. The van der Waals surface area contributed by atoms with Gasteiger partial charge in [-0.25, -0.2) is 5.43 Å². The van der Waals surface area contributed by atoms with E-state index in [1.807, 2.05) is 4.68 Å². The maximum absolute atomic E-state index is 6.13. The van der Waals surface area contributed by atoms with Crippen molar-refractivity contribution in [3.63, 3.8) is 0 Å². The molecule has 2 aromatic heterocycles. The summed E-state index contributed by atoms with van der Waals surface area (Å²) in [6.07, 6.45) is 4.17. The van der Waals surface area contributed by atoms with E-state index >= 15 is 0 Å². The SMILES string of the molecule is CCCn1ncc(Cl)c1C(NN)c1cn[nH]n1. The molecule has 1 atom stereocenters. The van der Waals surface area contributed by atoms with Gasteiger partial charge in [-0.05, 0) is 6.42 Å². The number of nitrogens with two attached hydrogens (primary N) is 1. The second-order valence-corrected chi connectivity index (χ2v) is 4.00. The van der Waals surface area contributed by atoms with Crippen molar-refractivity contribution in [3.8, 4) is 0 Å². The molecule has 0 fully saturated rings. The molecule has 1 unspecified atom stereocenters. The lowest BCUT2D eigenvalue weighted by Gasteiger charge is -2.15. The lowest BCUT2D eigenvalue weighted by Crippen LogP contribution is -2.31. The first-order chi connectivity index (χ1) is 8.27. The van der Waals surface area contributed by atoms with Crippen molar-refractivity contribution >= 4 is 11.6 Å². The largest absolute Gasteiger partial charge is 0.270 e. The van der Waals surface area contributed by atoms with Crippen LogP contribution in [0.1, 0.15) is 30.8 Å². The molecule has 92 valence electrons. The van der Waals surface area contributed by atoms with Crippen LogP contribution in [0.4, 0.5) is 0 Å². The van der Waals surface area contributed by atoms with E-state index in [4.69, 9.17) is 17.4 Å². The van der Waals surface area contributed by atoms with Crippen LogP contribution in [-0.4, -0.2) is 25.2 Å². The van der Waals surface area contributed by atoms with E-state index in [1.54, 1.807) is 12.4 Å². The summed E-state index contributed by atoms with van der Waals surface area (Å²) in [6.45, 7) is 2.85. The second kappa shape index (κ2) is 5.26. The predicted octanol–water partition coefficient (Wildman–Crippen LogP) is 0.617. The average Bonchev–Trinajstić information content (AvgIpc) is 2.94. The van der Waals surface area contributed by atoms with Crippen LogP contribution in [0, 0.1) is 0 Å². The molecule has 2 aromatic rings. The van der Waals surface area contributed by atoms with Crippen molar-refractivity contribution in [2.45, 2.75) is 25.9 Å². The van der Waals surface area contributed by atoms with Crippen LogP contribution in [0.2, 0.25) is 5.02 Å². The van der Waals surface area contributed by atoms with E-state index in [9.17, 15) is 0 Å². The Hall–Kier alpha value is -1.44. The number of nitrogens with zero attached hydrogens (tertiary/aromatic N) is 4. The smallest absolute Gasteiger partial charge is 0.110 e. The fourth-order valence-corrected chi connectivity index (χ4v) is 1.95. The Bertz CT molecular complexity index is 464. The van der Waals surface area contributed by atoms with Crippen LogP contribution in [-0.2, 0) is 6.54 Å². The summed E-state index contributed by atoms with van der Waals surface area (Å²) < 4.78 is 1.82. The quantitative estimate of drug-likeness (QED) is 0.537. The van der Waals surface area contributed by atoms with Gasteiger partial charge < -0.3 is 0 Å². The van der Waals surface area contributed by atoms with Gasteiger partial charge in [0.1, 0.15) is 11.7 Å². The van der Waals surface area contributed by atoms with Gasteiger partial charge in [-0.3, -0.25) is 10.5 Å². The summed E-state index contributed by atoms with van der Waals surface area (Å²) in [5, 5.41) is 15.1. The van der Waals surface area contributed by atoms with Crippen molar-refractivity contribution in [1.82, 2.24) is 30.6 Å². The van der Waals surface area contributed by atoms with Crippen LogP contribution >= 0.6 is 11.6 Å². The van der Waals surface area contributed by atoms with Gasteiger partial charge in [-0.15, -0.1) is 0 Å². The molecule has 17 heavy (non-hydrogen) atoms. The van der Waals surface area contributed by atoms with Crippen LogP contribution in [0.15, 0.2) is 12.4 Å². The van der Waals surface area contributed by atoms with Crippen molar-refractivity contribution in [2.24, 2.45) is 5.84 Å². The lowest BCUT2D eigenvalue weighted by atomic mass is 10.1. The number of aromatic nitrogens is 5. The highest BCUT2D eigenvalue weighted by molar-refractivity contribution is 6.31. The predicted molar refractivity (Wildman–Crippen MR) is 63.1 cm³/mol. The molecule has 0 saturated heterocycles.